The molecule has 4 heteroatoms. The molecule has 2 heterocycles. The van der Waals surface area contributed by atoms with E-state index in [1.165, 1.54) is 0 Å². The Morgan fingerprint density at radius 1 is 0.880 bits per heavy atom. The molecule has 0 fully saturated rings. The van der Waals surface area contributed by atoms with Crippen LogP contribution < -0.4 is 0 Å². The average Bonchev–Trinajstić information content (AvgIpc) is 3.09. The highest BCUT2D eigenvalue weighted by molar-refractivity contribution is 6.30. The Hall–Kier alpha value is -2.65. The van der Waals surface area contributed by atoms with Crippen LogP contribution >= 0.6 is 11.6 Å². The third-order valence-corrected chi connectivity index (χ3v) is 4.13. The standard InChI is InChI=1S/C19H14ClN3.C2H6/c1-13-11-18(15-7-9-16(20)10-8-15)22-19-17(12-21-23(13)19)14-5-3-2-4-6-14;1-2/h2-12H,1H3;1-2H3. The molecule has 4 rings (SSSR count). The van der Waals surface area contributed by atoms with Crippen molar-refractivity contribution in [1.29, 1.82) is 0 Å². The molecule has 0 aliphatic heterocycles. The van der Waals surface area contributed by atoms with Gasteiger partial charge in [0.25, 0.3) is 0 Å². The van der Waals surface area contributed by atoms with Crippen LogP contribution in [-0.2, 0) is 0 Å². The first-order valence-corrected chi connectivity index (χ1v) is 8.77. The molecular weight excluding hydrogens is 330 g/mol. The lowest BCUT2D eigenvalue weighted by Crippen LogP contribution is -1.97. The highest BCUT2D eigenvalue weighted by Gasteiger charge is 2.12. The summed E-state index contributed by atoms with van der Waals surface area (Å²) in [5.41, 5.74) is 6.01. The second-order valence-corrected chi connectivity index (χ2v) is 5.89. The molecule has 2 aromatic carbocycles. The summed E-state index contributed by atoms with van der Waals surface area (Å²) < 4.78 is 1.88. The van der Waals surface area contributed by atoms with Crippen molar-refractivity contribution in [2.45, 2.75) is 20.8 Å². The summed E-state index contributed by atoms with van der Waals surface area (Å²) in [5.74, 6) is 0. The number of hydrogen-bond acceptors (Lipinski definition) is 2. The van der Waals surface area contributed by atoms with Gasteiger partial charge in [0.15, 0.2) is 5.65 Å². The van der Waals surface area contributed by atoms with Crippen LogP contribution in [0.4, 0.5) is 0 Å². The fourth-order valence-electron chi connectivity index (χ4n) is 2.70. The fraction of sp³-hybridized carbons (Fsp3) is 0.143. The summed E-state index contributed by atoms with van der Waals surface area (Å²) in [7, 11) is 0. The van der Waals surface area contributed by atoms with E-state index < -0.39 is 0 Å². The minimum Gasteiger partial charge on any atom is -0.228 e. The minimum atomic E-state index is 0.723. The molecule has 0 saturated heterocycles. The van der Waals surface area contributed by atoms with E-state index in [4.69, 9.17) is 16.6 Å². The molecule has 126 valence electrons. The van der Waals surface area contributed by atoms with Crippen LogP contribution in [0.2, 0.25) is 5.02 Å². The number of fused-ring (bicyclic) bond motifs is 1. The maximum atomic E-state index is 5.98. The molecule has 0 spiro atoms. The Morgan fingerprint density at radius 2 is 1.56 bits per heavy atom. The maximum Gasteiger partial charge on any atom is 0.163 e. The van der Waals surface area contributed by atoms with Gasteiger partial charge < -0.3 is 0 Å². The minimum absolute atomic E-state index is 0.723. The van der Waals surface area contributed by atoms with Crippen LogP contribution in [0.1, 0.15) is 19.5 Å². The lowest BCUT2D eigenvalue weighted by molar-refractivity contribution is 0.896. The third kappa shape index (κ3) is 3.42. The first-order chi connectivity index (χ1) is 12.2. The van der Waals surface area contributed by atoms with Crippen LogP contribution in [0.5, 0.6) is 0 Å². The van der Waals surface area contributed by atoms with Crippen LogP contribution in [0.25, 0.3) is 28.0 Å². The summed E-state index contributed by atoms with van der Waals surface area (Å²) in [6, 6.07) is 20.0. The van der Waals surface area contributed by atoms with Gasteiger partial charge in [-0.15, -0.1) is 0 Å². The number of aromatic nitrogens is 3. The molecule has 3 nitrogen and oxygen atoms in total. The second-order valence-electron chi connectivity index (χ2n) is 5.45. The zero-order valence-electron chi connectivity index (χ0n) is 14.6. The van der Waals surface area contributed by atoms with E-state index in [-0.39, 0.29) is 0 Å². The predicted molar refractivity (Wildman–Crippen MR) is 105 cm³/mol. The Kier molecular flexibility index (Phi) is 5.15. The SMILES string of the molecule is CC.Cc1cc(-c2ccc(Cl)cc2)nc2c(-c3ccccc3)cnn12. The van der Waals surface area contributed by atoms with Gasteiger partial charge in [-0.1, -0.05) is 67.9 Å². The van der Waals surface area contributed by atoms with Gasteiger partial charge in [0, 0.05) is 21.8 Å². The van der Waals surface area contributed by atoms with Crippen molar-refractivity contribution in [2.75, 3.05) is 0 Å². The van der Waals surface area contributed by atoms with Crippen molar-refractivity contribution in [2.24, 2.45) is 0 Å². The summed E-state index contributed by atoms with van der Waals surface area (Å²) in [6.45, 7) is 6.04. The molecule has 2 aromatic heterocycles. The number of aryl methyl sites for hydroxylation is 1. The van der Waals surface area contributed by atoms with Gasteiger partial charge in [0.2, 0.25) is 0 Å². The highest BCUT2D eigenvalue weighted by atomic mass is 35.5. The Balaban J connectivity index is 0.000000880. The monoisotopic (exact) mass is 349 g/mol. The highest BCUT2D eigenvalue weighted by Crippen LogP contribution is 2.27. The summed E-state index contributed by atoms with van der Waals surface area (Å²) in [6.07, 6.45) is 1.87. The van der Waals surface area contributed by atoms with Gasteiger partial charge in [-0.25, -0.2) is 9.50 Å². The molecule has 0 radical (unpaired) electrons. The zero-order valence-corrected chi connectivity index (χ0v) is 15.3. The molecule has 0 unspecified atom stereocenters. The molecule has 0 amide bonds. The van der Waals surface area contributed by atoms with E-state index in [9.17, 15) is 0 Å². The molecule has 0 aliphatic carbocycles. The molecule has 25 heavy (non-hydrogen) atoms. The predicted octanol–water partition coefficient (Wildman–Crippen LogP) is 6.05. The smallest absolute Gasteiger partial charge is 0.163 e. The quantitative estimate of drug-likeness (QED) is 0.441. The van der Waals surface area contributed by atoms with E-state index in [1.54, 1.807) is 0 Å². The number of hydrogen-bond donors (Lipinski definition) is 0. The second kappa shape index (κ2) is 7.49. The lowest BCUT2D eigenvalue weighted by Gasteiger charge is -2.06. The van der Waals surface area contributed by atoms with Gasteiger partial charge in [0.05, 0.1) is 11.9 Å². The largest absolute Gasteiger partial charge is 0.228 e. The van der Waals surface area contributed by atoms with Crippen molar-refractivity contribution < 1.29 is 0 Å². The Bertz CT molecular complexity index is 973. The van der Waals surface area contributed by atoms with E-state index in [1.807, 2.05) is 80.0 Å². The van der Waals surface area contributed by atoms with Crippen molar-refractivity contribution in [3.63, 3.8) is 0 Å². The molecule has 0 N–H and O–H groups in total. The number of nitrogens with zero attached hydrogens (tertiary/aromatic N) is 3. The molecule has 4 aromatic rings. The third-order valence-electron chi connectivity index (χ3n) is 3.87. The van der Waals surface area contributed by atoms with Gasteiger partial charge >= 0.3 is 0 Å². The Morgan fingerprint density at radius 3 is 2.24 bits per heavy atom. The molecule has 0 saturated carbocycles. The van der Waals surface area contributed by atoms with Gasteiger partial charge in [-0.2, -0.15) is 5.10 Å². The van der Waals surface area contributed by atoms with Gasteiger partial charge in [-0.05, 0) is 30.7 Å². The first kappa shape index (κ1) is 17.2. The molecular formula is C21H20ClN3. The number of benzene rings is 2. The molecule has 0 aliphatic rings. The van der Waals surface area contributed by atoms with Crippen molar-refractivity contribution in [3.8, 4) is 22.4 Å². The summed E-state index contributed by atoms with van der Waals surface area (Å²) in [5, 5.41) is 5.20. The maximum absolute atomic E-state index is 5.98. The normalized spacial score (nSPS) is 10.4. The van der Waals surface area contributed by atoms with Crippen LogP contribution in [0.3, 0.4) is 0 Å². The van der Waals surface area contributed by atoms with Crippen molar-refractivity contribution in [1.82, 2.24) is 14.6 Å². The summed E-state index contributed by atoms with van der Waals surface area (Å²) >= 11 is 5.98. The van der Waals surface area contributed by atoms with E-state index in [0.717, 1.165) is 38.7 Å². The summed E-state index contributed by atoms with van der Waals surface area (Å²) in [4.78, 5) is 4.83. The van der Waals surface area contributed by atoms with Crippen LogP contribution in [-0.4, -0.2) is 14.6 Å². The van der Waals surface area contributed by atoms with Crippen molar-refractivity contribution >= 4 is 17.2 Å². The van der Waals surface area contributed by atoms with E-state index in [0.29, 0.717) is 0 Å². The molecule has 0 atom stereocenters. The van der Waals surface area contributed by atoms with Gasteiger partial charge in [0.1, 0.15) is 0 Å². The van der Waals surface area contributed by atoms with Crippen LogP contribution in [0, 0.1) is 6.92 Å². The topological polar surface area (TPSA) is 30.2 Å². The molecule has 0 bridgehead atoms. The number of rotatable bonds is 2. The van der Waals surface area contributed by atoms with Crippen molar-refractivity contribution in [3.05, 3.63) is 77.6 Å². The van der Waals surface area contributed by atoms with E-state index >= 15 is 0 Å². The van der Waals surface area contributed by atoms with E-state index in [2.05, 4.69) is 17.2 Å². The first-order valence-electron chi connectivity index (χ1n) is 8.39. The number of halogens is 1. The fourth-order valence-corrected chi connectivity index (χ4v) is 2.83. The van der Waals surface area contributed by atoms with Crippen LogP contribution in [0.15, 0.2) is 66.9 Å². The lowest BCUT2D eigenvalue weighted by atomic mass is 10.1. The van der Waals surface area contributed by atoms with Gasteiger partial charge in [-0.3, -0.25) is 0 Å². The Labute approximate surface area is 152 Å². The zero-order chi connectivity index (χ0) is 17.8. The average molecular weight is 350 g/mol.